The van der Waals surface area contributed by atoms with Crippen LogP contribution in [0, 0.1) is 11.2 Å². The van der Waals surface area contributed by atoms with E-state index >= 15 is 0 Å². The standard InChI is InChI=1S/C22H27ClFN7.C2H6/c1-5-14(7-6-13(2)3)18-11-28-22(30-19(12-27-4)20(23)26)31-21(18)29-17-9-15(24)8-16(25)10-17;1-2/h6-12,26-27H,5,25H2,1-4H3,(H2,28,29,30,31);1-2H3/b14-7+,19-12+,26-20?;. The van der Waals surface area contributed by atoms with Crippen molar-refractivity contribution in [1.29, 1.82) is 5.41 Å². The number of anilines is 4. The molecule has 9 heteroatoms. The summed E-state index contributed by atoms with van der Waals surface area (Å²) in [6.07, 6.45) is 7.95. The highest BCUT2D eigenvalue weighted by molar-refractivity contribution is 6.68. The van der Waals surface area contributed by atoms with Crippen molar-refractivity contribution in [2.75, 3.05) is 23.4 Å². The second-order valence-corrected chi connectivity index (χ2v) is 7.31. The summed E-state index contributed by atoms with van der Waals surface area (Å²) < 4.78 is 13.9. The van der Waals surface area contributed by atoms with E-state index in [0.717, 1.165) is 23.1 Å². The molecule has 0 bridgehead atoms. The molecule has 7 nitrogen and oxygen atoms in total. The van der Waals surface area contributed by atoms with Gasteiger partial charge in [-0.05, 0) is 44.0 Å². The minimum atomic E-state index is -0.456. The SMILES string of the molecule is CC.CC/C(=C\C=C(C)C)c1cnc(N/C(=C/NC)C(=N)Cl)nc1Nc1cc(N)cc(F)c1. The zero-order valence-electron chi connectivity index (χ0n) is 20.0. The molecule has 0 saturated carbocycles. The fraction of sp³-hybridized carbons (Fsp3) is 0.292. The van der Waals surface area contributed by atoms with E-state index in [-0.39, 0.29) is 11.1 Å². The van der Waals surface area contributed by atoms with E-state index in [4.69, 9.17) is 22.7 Å². The maximum Gasteiger partial charge on any atom is 0.229 e. The number of aromatic nitrogens is 2. The summed E-state index contributed by atoms with van der Waals surface area (Å²) in [5, 5.41) is 16.3. The number of nitrogen functional groups attached to an aromatic ring is 1. The highest BCUT2D eigenvalue weighted by Gasteiger charge is 2.13. The second-order valence-electron chi connectivity index (χ2n) is 6.93. The molecule has 0 aliphatic carbocycles. The van der Waals surface area contributed by atoms with Crippen molar-refractivity contribution in [1.82, 2.24) is 15.3 Å². The van der Waals surface area contributed by atoms with Gasteiger partial charge in [-0.2, -0.15) is 4.98 Å². The average Bonchev–Trinajstić information content (AvgIpc) is 2.75. The van der Waals surface area contributed by atoms with Crippen LogP contribution in [0.1, 0.15) is 46.6 Å². The van der Waals surface area contributed by atoms with Crippen molar-refractivity contribution in [3.8, 4) is 0 Å². The Hall–Kier alpha value is -3.39. The number of nitrogens with two attached hydrogens (primary N) is 1. The lowest BCUT2D eigenvalue weighted by atomic mass is 10.0. The third-order valence-corrected chi connectivity index (χ3v) is 4.29. The van der Waals surface area contributed by atoms with Crippen molar-refractivity contribution in [3.63, 3.8) is 0 Å². The third-order valence-electron chi connectivity index (χ3n) is 4.09. The van der Waals surface area contributed by atoms with Crippen LogP contribution in [0.2, 0.25) is 0 Å². The van der Waals surface area contributed by atoms with E-state index < -0.39 is 5.82 Å². The van der Waals surface area contributed by atoms with Gasteiger partial charge in [-0.25, -0.2) is 9.37 Å². The predicted octanol–water partition coefficient (Wildman–Crippen LogP) is 6.42. The third kappa shape index (κ3) is 8.94. The molecule has 33 heavy (non-hydrogen) atoms. The van der Waals surface area contributed by atoms with Gasteiger partial charge >= 0.3 is 0 Å². The first-order valence-electron chi connectivity index (χ1n) is 10.7. The molecule has 0 unspecified atom stereocenters. The van der Waals surface area contributed by atoms with Gasteiger partial charge in [-0.1, -0.05) is 50.1 Å². The van der Waals surface area contributed by atoms with Crippen molar-refractivity contribution in [2.45, 2.75) is 41.0 Å². The van der Waals surface area contributed by atoms with E-state index in [2.05, 4.69) is 25.9 Å². The van der Waals surface area contributed by atoms with Gasteiger partial charge in [0.1, 0.15) is 16.8 Å². The fourth-order valence-corrected chi connectivity index (χ4v) is 2.78. The zero-order valence-corrected chi connectivity index (χ0v) is 20.7. The van der Waals surface area contributed by atoms with Crippen LogP contribution in [0.3, 0.4) is 0 Å². The highest BCUT2D eigenvalue weighted by atomic mass is 35.5. The lowest BCUT2D eigenvalue weighted by Crippen LogP contribution is -2.13. The van der Waals surface area contributed by atoms with Crippen molar-refractivity contribution in [2.24, 2.45) is 0 Å². The largest absolute Gasteiger partial charge is 0.399 e. The highest BCUT2D eigenvalue weighted by Crippen LogP contribution is 2.29. The molecule has 0 amide bonds. The van der Waals surface area contributed by atoms with E-state index in [1.54, 1.807) is 19.3 Å². The molecule has 0 fully saturated rings. The van der Waals surface area contributed by atoms with Crippen molar-refractivity contribution < 1.29 is 4.39 Å². The van der Waals surface area contributed by atoms with Gasteiger partial charge in [0.2, 0.25) is 5.95 Å². The quantitative estimate of drug-likeness (QED) is 0.163. The Morgan fingerprint density at radius 3 is 2.45 bits per heavy atom. The van der Waals surface area contributed by atoms with Gasteiger partial charge in [0.15, 0.2) is 0 Å². The number of nitrogens with one attached hydrogen (secondary N) is 4. The van der Waals surface area contributed by atoms with Crippen LogP contribution >= 0.6 is 11.6 Å². The van der Waals surface area contributed by atoms with E-state index in [1.807, 2.05) is 46.8 Å². The molecule has 1 aromatic heterocycles. The number of nitrogens with zero attached hydrogens (tertiary/aromatic N) is 2. The second kappa shape index (κ2) is 13.9. The van der Waals surface area contributed by atoms with Gasteiger partial charge in [0.25, 0.3) is 0 Å². The Labute approximate surface area is 200 Å². The summed E-state index contributed by atoms with van der Waals surface area (Å²) in [5.41, 5.74) is 9.74. The first-order chi connectivity index (χ1) is 15.7. The van der Waals surface area contributed by atoms with E-state index in [1.165, 1.54) is 18.3 Å². The number of rotatable bonds is 9. The van der Waals surface area contributed by atoms with Crippen LogP contribution in [-0.2, 0) is 0 Å². The van der Waals surface area contributed by atoms with Gasteiger partial charge in [-0.3, -0.25) is 5.41 Å². The fourth-order valence-electron chi connectivity index (χ4n) is 2.68. The monoisotopic (exact) mass is 473 g/mol. The maximum atomic E-state index is 13.9. The predicted molar refractivity (Wildman–Crippen MR) is 140 cm³/mol. The van der Waals surface area contributed by atoms with E-state index in [9.17, 15) is 4.39 Å². The molecule has 1 heterocycles. The van der Waals surface area contributed by atoms with Crippen LogP contribution in [0.5, 0.6) is 0 Å². The lowest BCUT2D eigenvalue weighted by Gasteiger charge is -2.15. The van der Waals surface area contributed by atoms with E-state index in [0.29, 0.717) is 22.9 Å². The topological polar surface area (TPSA) is 112 Å². The Morgan fingerprint density at radius 1 is 1.21 bits per heavy atom. The van der Waals surface area contributed by atoms with Gasteiger partial charge < -0.3 is 21.7 Å². The average molecular weight is 474 g/mol. The summed E-state index contributed by atoms with van der Waals surface area (Å²) in [7, 11) is 1.69. The Kier molecular flexibility index (Phi) is 11.6. The van der Waals surface area contributed by atoms with Gasteiger partial charge in [0, 0.05) is 36.4 Å². The molecule has 0 saturated heterocycles. The minimum Gasteiger partial charge on any atom is -0.399 e. The normalized spacial score (nSPS) is 11.2. The lowest BCUT2D eigenvalue weighted by molar-refractivity contribution is 0.629. The molecule has 0 radical (unpaired) electrons. The zero-order chi connectivity index (χ0) is 25.0. The molecule has 1 aromatic carbocycles. The number of allylic oxidation sites excluding steroid dienone is 5. The molecular weight excluding hydrogens is 441 g/mol. The number of halogens is 2. The molecule has 0 atom stereocenters. The smallest absolute Gasteiger partial charge is 0.229 e. The molecule has 2 aromatic rings. The van der Waals surface area contributed by atoms with Crippen LogP contribution < -0.4 is 21.7 Å². The maximum absolute atomic E-state index is 13.9. The minimum absolute atomic E-state index is 0.202. The van der Waals surface area contributed by atoms with Crippen LogP contribution in [-0.4, -0.2) is 22.2 Å². The Balaban J connectivity index is 0.00000265. The summed E-state index contributed by atoms with van der Waals surface area (Å²) in [5.74, 6) is 0.227. The first kappa shape index (κ1) is 27.6. The Morgan fingerprint density at radius 2 is 1.91 bits per heavy atom. The molecule has 178 valence electrons. The van der Waals surface area contributed by atoms with Gasteiger partial charge in [-0.15, -0.1) is 0 Å². The molecule has 0 spiro atoms. The molecule has 0 aliphatic heterocycles. The number of hydrogen-bond donors (Lipinski definition) is 5. The summed E-state index contributed by atoms with van der Waals surface area (Å²) >= 11 is 5.82. The van der Waals surface area contributed by atoms with Crippen molar-refractivity contribution in [3.05, 3.63) is 65.4 Å². The summed E-state index contributed by atoms with van der Waals surface area (Å²) in [4.78, 5) is 8.92. The van der Waals surface area contributed by atoms with Gasteiger partial charge in [0.05, 0.1) is 5.70 Å². The summed E-state index contributed by atoms with van der Waals surface area (Å²) in [6, 6.07) is 4.20. The van der Waals surface area contributed by atoms with Crippen LogP contribution in [0.4, 0.5) is 27.5 Å². The van der Waals surface area contributed by atoms with Crippen LogP contribution in [0.25, 0.3) is 5.57 Å². The molecule has 6 N–H and O–H groups in total. The molecular formula is C24H33ClFN7. The number of benzene rings is 1. The Bertz CT molecular complexity index is 1020. The first-order valence-corrected chi connectivity index (χ1v) is 11.0. The summed E-state index contributed by atoms with van der Waals surface area (Å²) in [6.45, 7) is 10.1. The van der Waals surface area contributed by atoms with Crippen LogP contribution in [0.15, 0.2) is 54.0 Å². The molecule has 2 rings (SSSR count). The van der Waals surface area contributed by atoms with Crippen molar-refractivity contribution >= 4 is 45.5 Å². The number of hydrogen-bond acceptors (Lipinski definition) is 7. The molecule has 0 aliphatic rings.